The van der Waals surface area contributed by atoms with E-state index in [9.17, 15) is 0 Å². The standard InChI is InChI=1S/C19H24N4O/c1-14-2-3-18-19(23-14)10-16(13-22-18)17(11-20)12-21-7-4-15-5-8-24-9-6-15/h2-3,10-13,15,20-21H,4-9H2,1H3/p+1. The number of hydrogen-bond donors (Lipinski definition) is 2. The Labute approximate surface area is 142 Å². The SMILES string of the molecule is Cc1ccc2ncc(C(C=N)=C[NH2+]CCC3CCOCC3)cc2n1. The van der Waals surface area contributed by atoms with Gasteiger partial charge in [0, 0.05) is 36.9 Å². The molecule has 5 nitrogen and oxygen atoms in total. The van der Waals surface area contributed by atoms with E-state index in [1.54, 1.807) is 0 Å². The van der Waals surface area contributed by atoms with Crippen LogP contribution in [0.5, 0.6) is 0 Å². The zero-order valence-electron chi connectivity index (χ0n) is 14.2. The van der Waals surface area contributed by atoms with E-state index in [1.807, 2.05) is 37.5 Å². The zero-order valence-corrected chi connectivity index (χ0v) is 14.2. The minimum absolute atomic E-state index is 0.779. The largest absolute Gasteiger partial charge is 0.381 e. The van der Waals surface area contributed by atoms with Gasteiger partial charge in [0.2, 0.25) is 0 Å². The summed E-state index contributed by atoms with van der Waals surface area (Å²) >= 11 is 0. The fourth-order valence-electron chi connectivity index (χ4n) is 3.07. The topological polar surface area (TPSA) is 75.5 Å². The van der Waals surface area contributed by atoms with Crippen molar-refractivity contribution in [2.75, 3.05) is 19.8 Å². The van der Waals surface area contributed by atoms with Crippen molar-refractivity contribution < 1.29 is 10.1 Å². The molecule has 0 radical (unpaired) electrons. The van der Waals surface area contributed by atoms with Crippen molar-refractivity contribution in [2.24, 2.45) is 5.92 Å². The van der Waals surface area contributed by atoms with Gasteiger partial charge >= 0.3 is 0 Å². The number of nitrogens with one attached hydrogen (secondary N) is 1. The third-order valence-electron chi connectivity index (χ3n) is 4.55. The van der Waals surface area contributed by atoms with E-state index in [4.69, 9.17) is 10.1 Å². The molecule has 0 spiro atoms. The van der Waals surface area contributed by atoms with Crippen molar-refractivity contribution in [2.45, 2.75) is 26.2 Å². The molecule has 3 heterocycles. The van der Waals surface area contributed by atoms with E-state index in [2.05, 4.69) is 15.3 Å². The van der Waals surface area contributed by atoms with Crippen molar-refractivity contribution in [1.29, 1.82) is 5.41 Å². The number of allylic oxidation sites excluding steroid dienone is 1. The quantitative estimate of drug-likeness (QED) is 0.632. The van der Waals surface area contributed by atoms with Gasteiger partial charge in [0.05, 0.1) is 23.2 Å². The second-order valence-electron chi connectivity index (χ2n) is 6.35. The van der Waals surface area contributed by atoms with Crippen LogP contribution in [0.1, 0.15) is 30.5 Å². The van der Waals surface area contributed by atoms with Gasteiger partial charge in [-0.2, -0.15) is 0 Å². The lowest BCUT2D eigenvalue weighted by Gasteiger charge is -2.20. The normalized spacial score (nSPS) is 16.5. The molecule has 2 aromatic rings. The molecule has 3 rings (SSSR count). The predicted octanol–water partition coefficient (Wildman–Crippen LogP) is 2.31. The molecule has 0 bridgehead atoms. The van der Waals surface area contributed by atoms with Crippen molar-refractivity contribution in [3.63, 3.8) is 0 Å². The average molecular weight is 325 g/mol. The third kappa shape index (κ3) is 4.24. The molecule has 1 saturated heterocycles. The Balaban J connectivity index is 1.65. The number of pyridine rings is 2. The predicted molar refractivity (Wildman–Crippen MR) is 96.0 cm³/mol. The molecule has 0 unspecified atom stereocenters. The molecule has 0 amide bonds. The minimum atomic E-state index is 0.779. The zero-order chi connectivity index (χ0) is 16.8. The molecule has 1 aliphatic rings. The van der Waals surface area contributed by atoms with E-state index in [1.165, 1.54) is 25.5 Å². The molecular weight excluding hydrogens is 300 g/mol. The summed E-state index contributed by atoms with van der Waals surface area (Å²) in [5.74, 6) is 0.779. The van der Waals surface area contributed by atoms with Crippen LogP contribution in [-0.2, 0) is 4.74 Å². The molecule has 1 fully saturated rings. The summed E-state index contributed by atoms with van der Waals surface area (Å²) in [6.07, 6.45) is 8.79. The van der Waals surface area contributed by atoms with E-state index in [0.717, 1.165) is 53.5 Å². The van der Waals surface area contributed by atoms with Gasteiger partial charge in [0.25, 0.3) is 0 Å². The van der Waals surface area contributed by atoms with Crippen LogP contribution in [0, 0.1) is 18.3 Å². The number of nitrogens with two attached hydrogens (primary N) is 1. The lowest BCUT2D eigenvalue weighted by molar-refractivity contribution is -0.588. The van der Waals surface area contributed by atoms with E-state index in [-0.39, 0.29) is 0 Å². The molecule has 0 saturated carbocycles. The van der Waals surface area contributed by atoms with Gasteiger partial charge in [-0.3, -0.25) is 9.97 Å². The highest BCUT2D eigenvalue weighted by atomic mass is 16.5. The van der Waals surface area contributed by atoms with Gasteiger partial charge in [-0.15, -0.1) is 0 Å². The van der Waals surface area contributed by atoms with E-state index < -0.39 is 0 Å². The summed E-state index contributed by atoms with van der Waals surface area (Å²) < 4.78 is 5.40. The summed E-state index contributed by atoms with van der Waals surface area (Å²) in [7, 11) is 0. The second-order valence-corrected chi connectivity index (χ2v) is 6.35. The number of ether oxygens (including phenoxy) is 1. The van der Waals surface area contributed by atoms with Crippen LogP contribution >= 0.6 is 0 Å². The number of fused-ring (bicyclic) bond motifs is 1. The summed E-state index contributed by atoms with van der Waals surface area (Å²) in [6, 6.07) is 5.96. The highest BCUT2D eigenvalue weighted by molar-refractivity contribution is 6.08. The van der Waals surface area contributed by atoms with Gasteiger partial charge in [-0.25, -0.2) is 0 Å². The third-order valence-corrected chi connectivity index (χ3v) is 4.55. The summed E-state index contributed by atoms with van der Waals surface area (Å²) in [4.78, 5) is 8.98. The number of aromatic nitrogens is 2. The monoisotopic (exact) mass is 325 g/mol. The Morgan fingerprint density at radius 1 is 1.33 bits per heavy atom. The van der Waals surface area contributed by atoms with Crippen LogP contribution < -0.4 is 5.32 Å². The molecule has 24 heavy (non-hydrogen) atoms. The van der Waals surface area contributed by atoms with Crippen molar-refractivity contribution in [1.82, 2.24) is 9.97 Å². The fourth-order valence-corrected chi connectivity index (χ4v) is 3.07. The van der Waals surface area contributed by atoms with Gasteiger partial charge in [0.1, 0.15) is 6.20 Å². The maximum Gasteiger partial charge on any atom is 0.102 e. The van der Waals surface area contributed by atoms with Crippen LogP contribution in [0.25, 0.3) is 16.6 Å². The van der Waals surface area contributed by atoms with Crippen molar-refractivity contribution in [3.8, 4) is 0 Å². The van der Waals surface area contributed by atoms with Crippen LogP contribution in [0.15, 0.2) is 30.6 Å². The minimum Gasteiger partial charge on any atom is -0.381 e. The van der Waals surface area contributed by atoms with Gasteiger partial charge in [-0.05, 0) is 50.3 Å². The Morgan fingerprint density at radius 2 is 2.17 bits per heavy atom. The smallest absolute Gasteiger partial charge is 0.102 e. The molecule has 0 aliphatic carbocycles. The molecular formula is C19H25N4O+. The van der Waals surface area contributed by atoms with Crippen LogP contribution in [0.4, 0.5) is 0 Å². The Hall–Kier alpha value is -2.11. The van der Waals surface area contributed by atoms with Crippen LogP contribution in [-0.4, -0.2) is 35.9 Å². The molecule has 5 heteroatoms. The summed E-state index contributed by atoms with van der Waals surface area (Å²) in [5, 5.41) is 9.87. The number of quaternary nitrogens is 1. The van der Waals surface area contributed by atoms with Gasteiger partial charge in [0.15, 0.2) is 0 Å². The molecule has 0 aromatic carbocycles. The number of nitrogens with zero attached hydrogens (tertiary/aromatic N) is 2. The first-order valence-electron chi connectivity index (χ1n) is 8.62. The molecule has 0 atom stereocenters. The lowest BCUT2D eigenvalue weighted by atomic mass is 9.97. The van der Waals surface area contributed by atoms with Crippen LogP contribution in [0.2, 0.25) is 0 Å². The highest BCUT2D eigenvalue weighted by Gasteiger charge is 2.13. The van der Waals surface area contributed by atoms with Gasteiger partial charge in [-0.1, -0.05) is 0 Å². The summed E-state index contributed by atoms with van der Waals surface area (Å²) in [5.41, 5.74) is 4.56. The fraction of sp³-hybridized carbons (Fsp3) is 0.421. The number of rotatable bonds is 6. The van der Waals surface area contributed by atoms with Crippen molar-refractivity contribution in [3.05, 3.63) is 41.9 Å². The average Bonchev–Trinajstić information content (AvgIpc) is 2.62. The van der Waals surface area contributed by atoms with Crippen LogP contribution in [0.3, 0.4) is 0 Å². The first-order valence-corrected chi connectivity index (χ1v) is 8.62. The molecule has 3 N–H and O–H groups in total. The van der Waals surface area contributed by atoms with Gasteiger partial charge < -0.3 is 15.5 Å². The second kappa shape index (κ2) is 8.13. The van der Waals surface area contributed by atoms with E-state index in [0.29, 0.717) is 0 Å². The maximum atomic E-state index is 7.70. The van der Waals surface area contributed by atoms with Crippen molar-refractivity contribution >= 4 is 22.8 Å². The lowest BCUT2D eigenvalue weighted by Crippen LogP contribution is -2.78. The number of aryl methyl sites for hydroxylation is 1. The Bertz CT molecular complexity index is 735. The summed E-state index contributed by atoms with van der Waals surface area (Å²) in [6.45, 7) is 4.83. The first kappa shape index (κ1) is 16.7. The molecule has 2 aromatic heterocycles. The Morgan fingerprint density at radius 3 is 2.96 bits per heavy atom. The molecule has 1 aliphatic heterocycles. The molecule has 126 valence electrons. The highest BCUT2D eigenvalue weighted by Crippen LogP contribution is 2.18. The number of hydrogen-bond acceptors (Lipinski definition) is 4. The first-order chi connectivity index (χ1) is 11.8. The van der Waals surface area contributed by atoms with E-state index >= 15 is 0 Å². The Kier molecular flexibility index (Phi) is 5.67. The maximum absolute atomic E-state index is 7.70.